The highest BCUT2D eigenvalue weighted by Crippen LogP contribution is 2.23. The molecule has 2 unspecified atom stereocenters. The molecule has 0 aromatic heterocycles. The Morgan fingerprint density at radius 3 is 2.29 bits per heavy atom. The summed E-state index contributed by atoms with van der Waals surface area (Å²) in [6.07, 6.45) is 1.11. The minimum atomic E-state index is -3.62. The predicted octanol–water partition coefficient (Wildman–Crippen LogP) is -0.467. The van der Waals surface area contributed by atoms with Crippen LogP contribution in [0.5, 0.6) is 0 Å². The molecule has 2 rings (SSSR count). The quantitative estimate of drug-likeness (QED) is 0.710. The van der Waals surface area contributed by atoms with Crippen LogP contribution in [0.1, 0.15) is 26.7 Å². The summed E-state index contributed by atoms with van der Waals surface area (Å²) >= 11 is 0. The lowest BCUT2D eigenvalue weighted by Gasteiger charge is -2.41. The van der Waals surface area contributed by atoms with Crippen molar-refractivity contribution in [1.82, 2.24) is 14.5 Å². The Bertz CT molecular complexity index is 465. The molecule has 9 heteroatoms. The topological polar surface area (TPSA) is 95.7 Å². The maximum atomic E-state index is 12.6. The third-order valence-corrected chi connectivity index (χ3v) is 5.57. The molecule has 0 spiro atoms. The molecule has 0 bridgehead atoms. The molecular weight excluding hydrogens is 316 g/mol. The van der Waals surface area contributed by atoms with Crippen LogP contribution in [0.2, 0.25) is 0 Å². The highest BCUT2D eigenvalue weighted by Gasteiger charge is 2.35. The number of nitrogens with one attached hydrogen (secondary N) is 1. The molecule has 2 heterocycles. The monoisotopic (exact) mass is 340 g/mol. The largest absolute Gasteiger partial charge is 0.337 e. The van der Waals surface area contributed by atoms with E-state index < -0.39 is 10.2 Å². The minimum absolute atomic E-state index is 0. The number of hydrogen-bond acceptors (Lipinski definition) is 4. The number of amides is 1. The van der Waals surface area contributed by atoms with Gasteiger partial charge in [-0.15, -0.1) is 12.4 Å². The van der Waals surface area contributed by atoms with Crippen LogP contribution in [0.4, 0.5) is 0 Å². The molecule has 0 saturated carbocycles. The number of piperazine rings is 1. The third kappa shape index (κ3) is 4.29. The van der Waals surface area contributed by atoms with Gasteiger partial charge in [-0.05, 0) is 26.7 Å². The first-order valence-corrected chi connectivity index (χ1v) is 8.62. The van der Waals surface area contributed by atoms with Crippen molar-refractivity contribution in [3.05, 3.63) is 0 Å². The number of carbonyl (C=O) groups excluding carboxylic acids is 1. The van der Waals surface area contributed by atoms with Crippen LogP contribution in [0.3, 0.4) is 0 Å². The van der Waals surface area contributed by atoms with E-state index in [1.165, 1.54) is 4.31 Å². The van der Waals surface area contributed by atoms with Crippen molar-refractivity contribution in [2.24, 2.45) is 11.1 Å². The summed E-state index contributed by atoms with van der Waals surface area (Å²) in [5.74, 6) is 0.0701. The molecule has 21 heavy (non-hydrogen) atoms. The van der Waals surface area contributed by atoms with E-state index in [-0.39, 0.29) is 36.3 Å². The first-order valence-electron chi connectivity index (χ1n) is 7.12. The van der Waals surface area contributed by atoms with Crippen molar-refractivity contribution in [3.63, 3.8) is 0 Å². The van der Waals surface area contributed by atoms with Crippen LogP contribution in [-0.2, 0) is 15.0 Å². The Morgan fingerprint density at radius 1 is 1.19 bits per heavy atom. The predicted molar refractivity (Wildman–Crippen MR) is 83.3 cm³/mol. The summed E-state index contributed by atoms with van der Waals surface area (Å²) in [5.41, 5.74) is 0. The Balaban J connectivity index is 0.00000220. The highest BCUT2D eigenvalue weighted by molar-refractivity contribution is 7.86. The number of carbonyl (C=O) groups is 1. The number of piperidine rings is 1. The van der Waals surface area contributed by atoms with Crippen molar-refractivity contribution in [2.45, 2.75) is 38.8 Å². The van der Waals surface area contributed by atoms with E-state index in [4.69, 9.17) is 5.14 Å². The summed E-state index contributed by atoms with van der Waals surface area (Å²) in [4.78, 5) is 14.5. The van der Waals surface area contributed by atoms with Crippen LogP contribution < -0.4 is 10.5 Å². The summed E-state index contributed by atoms with van der Waals surface area (Å²) in [6.45, 7) is 6.34. The summed E-state index contributed by atoms with van der Waals surface area (Å²) in [5, 5.41) is 8.46. The fraction of sp³-hybridized carbons (Fsp3) is 0.917. The van der Waals surface area contributed by atoms with Gasteiger partial charge in [-0.3, -0.25) is 4.79 Å². The zero-order valence-electron chi connectivity index (χ0n) is 12.5. The fourth-order valence-electron chi connectivity index (χ4n) is 2.96. The van der Waals surface area contributed by atoms with Crippen LogP contribution in [-0.4, -0.2) is 61.8 Å². The molecule has 124 valence electrons. The maximum absolute atomic E-state index is 12.6. The molecule has 0 aromatic rings. The average Bonchev–Trinajstić information content (AvgIpc) is 2.40. The smallest absolute Gasteiger partial charge is 0.276 e. The molecule has 2 aliphatic rings. The van der Waals surface area contributed by atoms with Crippen LogP contribution in [0.15, 0.2) is 0 Å². The van der Waals surface area contributed by atoms with Gasteiger partial charge in [-0.2, -0.15) is 12.7 Å². The van der Waals surface area contributed by atoms with Crippen molar-refractivity contribution in [1.29, 1.82) is 0 Å². The Morgan fingerprint density at radius 2 is 1.76 bits per heavy atom. The second-order valence-electron chi connectivity index (χ2n) is 5.73. The molecule has 1 amide bonds. The van der Waals surface area contributed by atoms with E-state index in [9.17, 15) is 13.2 Å². The molecule has 0 aromatic carbocycles. The van der Waals surface area contributed by atoms with E-state index in [2.05, 4.69) is 12.2 Å². The summed E-state index contributed by atoms with van der Waals surface area (Å²) < 4.78 is 23.8. The van der Waals surface area contributed by atoms with E-state index >= 15 is 0 Å². The molecule has 2 aliphatic heterocycles. The summed E-state index contributed by atoms with van der Waals surface area (Å²) in [7, 11) is -3.62. The van der Waals surface area contributed by atoms with Crippen molar-refractivity contribution >= 4 is 28.5 Å². The number of nitrogens with zero attached hydrogens (tertiary/aromatic N) is 2. The lowest BCUT2D eigenvalue weighted by Crippen LogP contribution is -2.59. The van der Waals surface area contributed by atoms with Gasteiger partial charge in [0.1, 0.15) is 0 Å². The van der Waals surface area contributed by atoms with Gasteiger partial charge in [-0.1, -0.05) is 0 Å². The zero-order chi connectivity index (χ0) is 14.9. The molecule has 7 nitrogen and oxygen atoms in total. The second kappa shape index (κ2) is 7.23. The molecule has 2 atom stereocenters. The van der Waals surface area contributed by atoms with Crippen molar-refractivity contribution in [3.8, 4) is 0 Å². The van der Waals surface area contributed by atoms with Gasteiger partial charge < -0.3 is 10.2 Å². The summed E-state index contributed by atoms with van der Waals surface area (Å²) in [6, 6.07) is 0.463. The lowest BCUT2D eigenvalue weighted by molar-refractivity contribution is -0.140. The van der Waals surface area contributed by atoms with Crippen LogP contribution >= 0.6 is 12.4 Å². The van der Waals surface area contributed by atoms with Crippen molar-refractivity contribution in [2.75, 3.05) is 26.2 Å². The molecule has 0 radical (unpaired) electrons. The van der Waals surface area contributed by atoms with Crippen LogP contribution in [0, 0.1) is 5.92 Å². The van der Waals surface area contributed by atoms with E-state index in [0.717, 1.165) is 13.1 Å². The van der Waals surface area contributed by atoms with Gasteiger partial charge in [0.25, 0.3) is 10.2 Å². The van der Waals surface area contributed by atoms with Gasteiger partial charge in [0.2, 0.25) is 5.91 Å². The van der Waals surface area contributed by atoms with E-state index in [0.29, 0.717) is 25.9 Å². The van der Waals surface area contributed by atoms with Gasteiger partial charge in [-0.25, -0.2) is 5.14 Å². The maximum Gasteiger partial charge on any atom is 0.276 e. The SMILES string of the molecule is CC1NCCN(C(=O)C2CCN(S(N)(=O)=O)CC2)C1C.Cl. The first-order chi connectivity index (χ1) is 9.30. The number of nitrogens with two attached hydrogens (primary N) is 1. The normalized spacial score (nSPS) is 29.0. The Kier molecular flexibility index (Phi) is 6.42. The third-order valence-electron chi connectivity index (χ3n) is 4.48. The zero-order valence-corrected chi connectivity index (χ0v) is 14.1. The lowest BCUT2D eigenvalue weighted by atomic mass is 9.94. The minimum Gasteiger partial charge on any atom is -0.337 e. The van der Waals surface area contributed by atoms with Gasteiger partial charge >= 0.3 is 0 Å². The molecule has 2 fully saturated rings. The molecule has 0 aliphatic carbocycles. The highest BCUT2D eigenvalue weighted by atomic mass is 35.5. The average molecular weight is 341 g/mol. The van der Waals surface area contributed by atoms with Gasteiger partial charge in [0.05, 0.1) is 0 Å². The van der Waals surface area contributed by atoms with Gasteiger partial charge in [0.15, 0.2) is 0 Å². The standard InChI is InChI=1S/C12H24N4O3S.ClH/c1-9-10(2)16(8-5-14-9)12(17)11-3-6-15(7-4-11)20(13,18)19;/h9-11,14H,3-8H2,1-2H3,(H2,13,18,19);1H. The molecule has 3 N–H and O–H groups in total. The van der Waals surface area contributed by atoms with E-state index in [1.54, 1.807) is 0 Å². The number of rotatable bonds is 2. The second-order valence-corrected chi connectivity index (χ2v) is 7.28. The Hall–Kier alpha value is -0.410. The van der Waals surface area contributed by atoms with Gasteiger partial charge in [0, 0.05) is 44.2 Å². The number of hydrogen-bond donors (Lipinski definition) is 2. The van der Waals surface area contributed by atoms with E-state index in [1.807, 2.05) is 11.8 Å². The van der Waals surface area contributed by atoms with Crippen LogP contribution in [0.25, 0.3) is 0 Å². The Labute approximate surface area is 132 Å². The first kappa shape index (κ1) is 18.6. The fourth-order valence-corrected chi connectivity index (χ4v) is 3.68. The number of halogens is 1. The molecule has 2 saturated heterocycles. The van der Waals surface area contributed by atoms with Crippen molar-refractivity contribution < 1.29 is 13.2 Å². The molecular formula is C12H25ClN4O3S.